The number of rotatable bonds is 1. The number of nitrogens with zero attached hydrogens (tertiary/aromatic N) is 1. The standard InChI is InChI=1S/C11H13BrFNO/c1-11(2,3)14-10(15-14)8-6-7(12)4-5-9(8)13/h4-6,10H,1-3H3. The number of benzene rings is 1. The molecule has 0 bridgehead atoms. The van der Waals surface area contributed by atoms with Gasteiger partial charge in [-0.15, -0.1) is 5.06 Å². The Morgan fingerprint density at radius 2 is 2.07 bits per heavy atom. The molecule has 1 saturated heterocycles. The lowest BCUT2D eigenvalue weighted by Gasteiger charge is -2.16. The van der Waals surface area contributed by atoms with Crippen LogP contribution in [0.4, 0.5) is 4.39 Å². The lowest BCUT2D eigenvalue weighted by atomic mass is 10.1. The Balaban J connectivity index is 2.23. The number of hydrogen-bond donors (Lipinski definition) is 0. The molecule has 1 heterocycles. The molecule has 0 aliphatic carbocycles. The van der Waals surface area contributed by atoms with Gasteiger partial charge in [-0.1, -0.05) is 15.9 Å². The predicted octanol–water partition coefficient (Wildman–Crippen LogP) is 3.63. The molecule has 0 saturated carbocycles. The van der Waals surface area contributed by atoms with Crippen molar-refractivity contribution in [2.45, 2.75) is 32.5 Å². The first-order valence-electron chi connectivity index (χ1n) is 4.80. The van der Waals surface area contributed by atoms with Gasteiger partial charge >= 0.3 is 0 Å². The Labute approximate surface area is 97.1 Å². The molecule has 4 heteroatoms. The third kappa shape index (κ3) is 2.22. The summed E-state index contributed by atoms with van der Waals surface area (Å²) >= 11 is 3.32. The molecule has 1 aromatic carbocycles. The summed E-state index contributed by atoms with van der Waals surface area (Å²) in [6, 6.07) is 4.89. The van der Waals surface area contributed by atoms with Crippen LogP contribution in [0.5, 0.6) is 0 Å². The van der Waals surface area contributed by atoms with Crippen LogP contribution in [0.1, 0.15) is 32.6 Å². The van der Waals surface area contributed by atoms with E-state index in [1.54, 1.807) is 17.2 Å². The van der Waals surface area contributed by atoms with Crippen LogP contribution in [-0.4, -0.2) is 10.6 Å². The van der Waals surface area contributed by atoms with Gasteiger partial charge in [0.1, 0.15) is 5.82 Å². The Kier molecular flexibility index (Phi) is 2.61. The van der Waals surface area contributed by atoms with Gasteiger partial charge in [0.2, 0.25) is 0 Å². The second-order valence-corrected chi connectivity index (χ2v) is 5.54. The van der Waals surface area contributed by atoms with E-state index in [4.69, 9.17) is 4.84 Å². The molecule has 0 spiro atoms. The molecule has 0 aromatic heterocycles. The molecule has 0 amide bonds. The average Bonchev–Trinajstić information content (AvgIpc) is 2.87. The Hall–Kier alpha value is -0.450. The van der Waals surface area contributed by atoms with E-state index in [9.17, 15) is 4.39 Å². The van der Waals surface area contributed by atoms with Crippen molar-refractivity contribution in [1.29, 1.82) is 0 Å². The fourth-order valence-corrected chi connectivity index (χ4v) is 1.86. The molecule has 82 valence electrons. The van der Waals surface area contributed by atoms with Gasteiger partial charge in [0.15, 0.2) is 6.23 Å². The maximum Gasteiger partial charge on any atom is 0.183 e. The lowest BCUT2D eigenvalue weighted by Crippen LogP contribution is -2.25. The van der Waals surface area contributed by atoms with E-state index >= 15 is 0 Å². The highest BCUT2D eigenvalue weighted by Gasteiger charge is 2.46. The Bertz CT molecular complexity index is 389. The van der Waals surface area contributed by atoms with Crippen molar-refractivity contribution in [2.24, 2.45) is 0 Å². The third-order valence-electron chi connectivity index (χ3n) is 2.27. The van der Waals surface area contributed by atoms with Gasteiger partial charge in [0.05, 0.1) is 0 Å². The quantitative estimate of drug-likeness (QED) is 0.727. The molecule has 2 rings (SSSR count). The summed E-state index contributed by atoms with van der Waals surface area (Å²) in [5, 5.41) is 1.79. The maximum atomic E-state index is 13.5. The van der Waals surface area contributed by atoms with Crippen molar-refractivity contribution in [3.05, 3.63) is 34.1 Å². The van der Waals surface area contributed by atoms with Crippen LogP contribution in [0.3, 0.4) is 0 Å². The predicted molar refractivity (Wildman–Crippen MR) is 59.5 cm³/mol. The van der Waals surface area contributed by atoms with Crippen LogP contribution in [0.25, 0.3) is 0 Å². The van der Waals surface area contributed by atoms with Gasteiger partial charge in [-0.05, 0) is 39.0 Å². The zero-order valence-electron chi connectivity index (χ0n) is 8.92. The summed E-state index contributed by atoms with van der Waals surface area (Å²) in [6.45, 7) is 6.09. The van der Waals surface area contributed by atoms with E-state index in [0.29, 0.717) is 5.56 Å². The number of hydrogen-bond acceptors (Lipinski definition) is 2. The molecule has 15 heavy (non-hydrogen) atoms. The van der Waals surface area contributed by atoms with Gasteiger partial charge in [0.25, 0.3) is 0 Å². The molecular formula is C11H13BrFNO. The highest BCUT2D eigenvalue weighted by molar-refractivity contribution is 9.10. The monoisotopic (exact) mass is 273 g/mol. The molecule has 0 radical (unpaired) electrons. The van der Waals surface area contributed by atoms with E-state index in [2.05, 4.69) is 15.9 Å². The van der Waals surface area contributed by atoms with E-state index in [1.807, 2.05) is 20.8 Å². The second kappa shape index (κ2) is 3.54. The highest BCUT2D eigenvalue weighted by Crippen LogP contribution is 2.44. The van der Waals surface area contributed by atoms with Crippen molar-refractivity contribution in [3.63, 3.8) is 0 Å². The van der Waals surface area contributed by atoms with Crippen LogP contribution in [0.2, 0.25) is 0 Å². The van der Waals surface area contributed by atoms with Crippen molar-refractivity contribution in [2.75, 3.05) is 0 Å². The molecular weight excluding hydrogens is 261 g/mol. The van der Waals surface area contributed by atoms with Gasteiger partial charge in [0, 0.05) is 15.6 Å². The summed E-state index contributed by atoms with van der Waals surface area (Å²) in [5.41, 5.74) is 0.485. The SMILES string of the molecule is CC(C)(C)N1OC1c1cc(Br)ccc1F. The van der Waals surface area contributed by atoms with Gasteiger partial charge in [-0.25, -0.2) is 4.39 Å². The number of hydroxylamine groups is 2. The molecule has 2 unspecified atom stereocenters. The summed E-state index contributed by atoms with van der Waals surface area (Å²) in [5.74, 6) is -0.227. The smallest absolute Gasteiger partial charge is 0.183 e. The molecule has 0 N–H and O–H groups in total. The average molecular weight is 274 g/mol. The molecule has 2 atom stereocenters. The molecule has 1 fully saturated rings. The first kappa shape index (κ1) is 11.0. The van der Waals surface area contributed by atoms with E-state index in [0.717, 1.165) is 4.47 Å². The van der Waals surface area contributed by atoms with Crippen molar-refractivity contribution < 1.29 is 9.23 Å². The van der Waals surface area contributed by atoms with Crippen LogP contribution in [0, 0.1) is 5.82 Å². The summed E-state index contributed by atoms with van der Waals surface area (Å²) in [6.07, 6.45) is -0.248. The van der Waals surface area contributed by atoms with Gasteiger partial charge in [-0.3, -0.25) is 4.84 Å². The molecule has 1 aromatic rings. The Morgan fingerprint density at radius 3 is 2.60 bits per heavy atom. The Morgan fingerprint density at radius 1 is 1.40 bits per heavy atom. The molecule has 1 aliphatic rings. The second-order valence-electron chi connectivity index (χ2n) is 4.62. The van der Waals surface area contributed by atoms with Crippen LogP contribution < -0.4 is 0 Å². The van der Waals surface area contributed by atoms with E-state index in [-0.39, 0.29) is 17.6 Å². The third-order valence-corrected chi connectivity index (χ3v) is 2.76. The topological polar surface area (TPSA) is 15.5 Å². The van der Waals surface area contributed by atoms with Crippen LogP contribution >= 0.6 is 15.9 Å². The maximum absolute atomic E-state index is 13.5. The minimum absolute atomic E-state index is 0.0978. The van der Waals surface area contributed by atoms with Crippen molar-refractivity contribution >= 4 is 15.9 Å². The van der Waals surface area contributed by atoms with Gasteiger partial charge < -0.3 is 0 Å². The van der Waals surface area contributed by atoms with Crippen molar-refractivity contribution in [3.8, 4) is 0 Å². The fraction of sp³-hybridized carbons (Fsp3) is 0.455. The first-order valence-corrected chi connectivity index (χ1v) is 5.60. The zero-order valence-corrected chi connectivity index (χ0v) is 10.5. The lowest BCUT2D eigenvalue weighted by molar-refractivity contribution is 0.101. The number of halogens is 2. The largest absolute Gasteiger partial charge is 0.269 e. The summed E-state index contributed by atoms with van der Waals surface area (Å²) in [4.78, 5) is 5.38. The highest BCUT2D eigenvalue weighted by atomic mass is 79.9. The first-order chi connectivity index (χ1) is 6.89. The van der Waals surface area contributed by atoms with Crippen molar-refractivity contribution in [1.82, 2.24) is 5.06 Å². The van der Waals surface area contributed by atoms with Gasteiger partial charge in [-0.2, -0.15) is 0 Å². The van der Waals surface area contributed by atoms with Crippen LogP contribution in [0.15, 0.2) is 22.7 Å². The van der Waals surface area contributed by atoms with E-state index < -0.39 is 0 Å². The summed E-state index contributed by atoms with van der Waals surface area (Å²) in [7, 11) is 0. The fourth-order valence-electron chi connectivity index (χ4n) is 1.48. The normalized spacial score (nSPS) is 25.4. The van der Waals surface area contributed by atoms with Crippen LogP contribution in [-0.2, 0) is 4.84 Å². The minimum Gasteiger partial charge on any atom is -0.269 e. The van der Waals surface area contributed by atoms with E-state index in [1.165, 1.54) is 6.07 Å². The minimum atomic E-state index is -0.248. The zero-order chi connectivity index (χ0) is 11.2. The molecule has 1 aliphatic heterocycles. The summed E-state index contributed by atoms with van der Waals surface area (Å²) < 4.78 is 14.4. The molecule has 2 nitrogen and oxygen atoms in total.